The number of nitrogens with zero attached hydrogens (tertiary/aromatic N) is 4. The average molecular weight is 142 g/mol. The molecule has 1 rings (SSSR count). The minimum Gasteiger partial charge on any atom is -0.226 e. The van der Waals surface area contributed by atoms with Gasteiger partial charge in [-0.25, -0.2) is 4.68 Å². The van der Waals surface area contributed by atoms with Gasteiger partial charge >= 0.3 is 0 Å². The lowest BCUT2D eigenvalue weighted by molar-refractivity contribution is 0.623. The second-order valence-electron chi connectivity index (χ2n) is 1.47. The summed E-state index contributed by atoms with van der Waals surface area (Å²) < 4.78 is 1.63. The van der Waals surface area contributed by atoms with Crippen molar-refractivity contribution in [2.75, 3.05) is 0 Å². The molecule has 0 saturated carbocycles. The third kappa shape index (κ3) is 1.10. The first-order valence-corrected chi connectivity index (χ1v) is 3.07. The summed E-state index contributed by atoms with van der Waals surface area (Å²) >= 11 is 4.64. The largest absolute Gasteiger partial charge is 0.226 e. The van der Waals surface area contributed by atoms with E-state index in [0.29, 0.717) is 5.82 Å². The lowest BCUT2D eigenvalue weighted by Gasteiger charge is -1.90. The SMILES string of the molecule is CCn1nnnc1C=S. The number of aryl methyl sites for hydroxylation is 1. The van der Waals surface area contributed by atoms with Crippen molar-refractivity contribution in [3.63, 3.8) is 0 Å². The summed E-state index contributed by atoms with van der Waals surface area (Å²) in [7, 11) is 0. The fourth-order valence-electron chi connectivity index (χ4n) is 0.521. The molecule has 0 aromatic carbocycles. The monoisotopic (exact) mass is 142 g/mol. The van der Waals surface area contributed by atoms with Crippen molar-refractivity contribution in [2.45, 2.75) is 13.5 Å². The summed E-state index contributed by atoms with van der Waals surface area (Å²) in [4.78, 5) is 0. The lowest BCUT2D eigenvalue weighted by atomic mass is 10.6. The average Bonchev–Trinajstić information content (AvgIpc) is 2.33. The van der Waals surface area contributed by atoms with E-state index in [1.54, 1.807) is 4.68 Å². The van der Waals surface area contributed by atoms with Crippen LogP contribution >= 0.6 is 12.2 Å². The van der Waals surface area contributed by atoms with E-state index in [2.05, 4.69) is 27.7 Å². The zero-order valence-electron chi connectivity index (χ0n) is 4.98. The quantitative estimate of drug-likeness (QED) is 0.547. The van der Waals surface area contributed by atoms with Crippen molar-refractivity contribution in [1.82, 2.24) is 20.2 Å². The predicted octanol–water partition coefficient (Wildman–Crippen LogP) is 0.0408. The van der Waals surface area contributed by atoms with E-state index >= 15 is 0 Å². The molecular weight excluding hydrogens is 136 g/mol. The van der Waals surface area contributed by atoms with E-state index in [1.807, 2.05) is 6.92 Å². The van der Waals surface area contributed by atoms with Crippen LogP contribution in [0.3, 0.4) is 0 Å². The molecule has 0 saturated heterocycles. The number of aromatic nitrogens is 4. The first kappa shape index (κ1) is 6.28. The van der Waals surface area contributed by atoms with Gasteiger partial charge in [0.2, 0.25) is 0 Å². The van der Waals surface area contributed by atoms with Gasteiger partial charge < -0.3 is 0 Å². The van der Waals surface area contributed by atoms with Crippen molar-refractivity contribution in [3.05, 3.63) is 5.82 Å². The van der Waals surface area contributed by atoms with Gasteiger partial charge in [-0.2, -0.15) is 0 Å². The molecule has 1 aromatic rings. The smallest absolute Gasteiger partial charge is 0.185 e. The summed E-state index contributed by atoms with van der Waals surface area (Å²) in [6.45, 7) is 2.72. The highest BCUT2D eigenvalue weighted by atomic mass is 32.1. The molecule has 0 amide bonds. The molecule has 0 aliphatic carbocycles. The Labute approximate surface area is 57.9 Å². The number of rotatable bonds is 2. The molecule has 0 atom stereocenters. The minimum atomic E-state index is 0.646. The van der Waals surface area contributed by atoms with Crippen molar-refractivity contribution < 1.29 is 0 Å². The van der Waals surface area contributed by atoms with Gasteiger partial charge in [0.05, 0.1) is 0 Å². The maximum absolute atomic E-state index is 4.64. The Kier molecular flexibility index (Phi) is 1.84. The first-order chi connectivity index (χ1) is 4.38. The van der Waals surface area contributed by atoms with Crippen molar-refractivity contribution in [1.29, 1.82) is 0 Å². The molecule has 5 heteroatoms. The van der Waals surface area contributed by atoms with Gasteiger partial charge in [0.1, 0.15) is 0 Å². The molecule has 0 aliphatic rings. The van der Waals surface area contributed by atoms with Crippen molar-refractivity contribution in [3.8, 4) is 0 Å². The molecule has 0 bridgehead atoms. The molecule has 1 aromatic heterocycles. The van der Waals surface area contributed by atoms with Crippen LogP contribution in [0, 0.1) is 0 Å². The summed E-state index contributed by atoms with van der Waals surface area (Å²) in [5, 5.41) is 12.2. The fraction of sp³-hybridized carbons (Fsp3) is 0.500. The second-order valence-corrected chi connectivity index (χ2v) is 1.71. The molecular formula is C4H6N4S. The molecule has 0 spiro atoms. The Hall–Kier alpha value is -0.840. The Balaban J connectivity index is 2.98. The zero-order valence-corrected chi connectivity index (χ0v) is 5.80. The number of tetrazole rings is 1. The fourth-order valence-corrected chi connectivity index (χ4v) is 0.690. The summed E-state index contributed by atoms with van der Waals surface area (Å²) in [6.07, 6.45) is 0. The lowest BCUT2D eigenvalue weighted by Crippen LogP contribution is -2.01. The molecule has 0 unspecified atom stereocenters. The van der Waals surface area contributed by atoms with Gasteiger partial charge in [-0.15, -0.1) is 5.10 Å². The van der Waals surface area contributed by atoms with Gasteiger partial charge in [0.15, 0.2) is 5.82 Å². The van der Waals surface area contributed by atoms with Crippen LogP contribution in [0.15, 0.2) is 0 Å². The molecule has 0 N–H and O–H groups in total. The van der Waals surface area contributed by atoms with Crippen LogP contribution in [0.4, 0.5) is 0 Å². The second kappa shape index (κ2) is 2.63. The molecule has 0 fully saturated rings. The van der Waals surface area contributed by atoms with Gasteiger partial charge in [-0.1, -0.05) is 12.2 Å². The van der Waals surface area contributed by atoms with Gasteiger partial charge in [0.25, 0.3) is 0 Å². The number of hydrogen-bond acceptors (Lipinski definition) is 4. The summed E-state index contributed by atoms with van der Waals surface area (Å²) in [5.41, 5.74) is 0. The van der Waals surface area contributed by atoms with Crippen LogP contribution in [0.25, 0.3) is 0 Å². The molecule has 4 nitrogen and oxygen atoms in total. The van der Waals surface area contributed by atoms with Gasteiger partial charge in [0, 0.05) is 11.9 Å². The Morgan fingerprint density at radius 3 is 3.00 bits per heavy atom. The molecule has 0 aliphatic heterocycles. The van der Waals surface area contributed by atoms with Gasteiger partial charge in [-0.3, -0.25) is 0 Å². The van der Waals surface area contributed by atoms with Crippen LogP contribution in [-0.2, 0) is 6.54 Å². The van der Waals surface area contributed by atoms with E-state index in [0.717, 1.165) is 6.54 Å². The van der Waals surface area contributed by atoms with Crippen molar-refractivity contribution in [2.24, 2.45) is 0 Å². The minimum absolute atomic E-state index is 0.646. The molecule has 48 valence electrons. The molecule has 1 heterocycles. The van der Waals surface area contributed by atoms with Crippen molar-refractivity contribution >= 4 is 17.6 Å². The highest BCUT2D eigenvalue weighted by molar-refractivity contribution is 7.79. The highest BCUT2D eigenvalue weighted by Crippen LogP contribution is 1.85. The van der Waals surface area contributed by atoms with Crippen LogP contribution < -0.4 is 0 Å². The molecule has 9 heavy (non-hydrogen) atoms. The Morgan fingerprint density at radius 2 is 2.56 bits per heavy atom. The molecule has 0 radical (unpaired) electrons. The van der Waals surface area contributed by atoms with Gasteiger partial charge in [-0.05, 0) is 17.4 Å². The first-order valence-electron chi connectivity index (χ1n) is 2.59. The topological polar surface area (TPSA) is 43.6 Å². The van der Waals surface area contributed by atoms with E-state index in [4.69, 9.17) is 0 Å². The summed E-state index contributed by atoms with van der Waals surface area (Å²) in [5.74, 6) is 0.646. The van der Waals surface area contributed by atoms with Crippen LogP contribution in [0.5, 0.6) is 0 Å². The van der Waals surface area contributed by atoms with Crippen LogP contribution in [0.1, 0.15) is 12.7 Å². The Bertz CT molecular complexity index is 206. The summed E-state index contributed by atoms with van der Waals surface area (Å²) in [6, 6.07) is 0. The number of thiocarbonyl (C=S) groups is 1. The maximum Gasteiger partial charge on any atom is 0.185 e. The zero-order chi connectivity index (χ0) is 6.69. The third-order valence-corrected chi connectivity index (χ3v) is 1.18. The highest BCUT2D eigenvalue weighted by Gasteiger charge is 1.96. The number of hydrogen-bond donors (Lipinski definition) is 0. The maximum atomic E-state index is 4.64. The standard InChI is InChI=1S/C4H6N4S/c1-2-8-4(3-9)5-6-7-8/h3H,2H2,1H3. The van der Waals surface area contributed by atoms with E-state index in [9.17, 15) is 0 Å². The van der Waals surface area contributed by atoms with E-state index in [1.165, 1.54) is 5.37 Å². The predicted molar refractivity (Wildman–Crippen MR) is 36.2 cm³/mol. The Morgan fingerprint density at radius 1 is 1.78 bits per heavy atom. The van der Waals surface area contributed by atoms with E-state index < -0.39 is 0 Å². The van der Waals surface area contributed by atoms with Crippen LogP contribution in [-0.4, -0.2) is 25.6 Å². The normalized spacial score (nSPS) is 9.44. The van der Waals surface area contributed by atoms with Crippen LogP contribution in [0.2, 0.25) is 0 Å². The van der Waals surface area contributed by atoms with E-state index in [-0.39, 0.29) is 0 Å². The third-order valence-electron chi connectivity index (χ3n) is 0.965.